The van der Waals surface area contributed by atoms with Gasteiger partial charge in [-0.3, -0.25) is 0 Å². The molecule has 0 aliphatic carbocycles. The normalized spacial score (nSPS) is 17.1. The van der Waals surface area contributed by atoms with Crippen LogP contribution in [0.1, 0.15) is 12.8 Å². The van der Waals surface area contributed by atoms with Gasteiger partial charge in [0.15, 0.2) is 0 Å². The largest absolute Gasteiger partial charge is 0.396 e. The van der Waals surface area contributed by atoms with Crippen molar-refractivity contribution in [2.75, 3.05) is 35.6 Å². The molecule has 1 saturated heterocycles. The van der Waals surface area contributed by atoms with Crippen LogP contribution in [0, 0.1) is 5.92 Å². The number of rotatable bonds is 5. The minimum atomic E-state index is 0.209. The fraction of sp³-hybridized carbons (Fsp3) is 0.316. The minimum Gasteiger partial charge on any atom is -0.396 e. The third-order valence-electron chi connectivity index (χ3n) is 4.74. The lowest BCUT2D eigenvalue weighted by atomic mass is 9.99. The summed E-state index contributed by atoms with van der Waals surface area (Å²) >= 11 is 0. The van der Waals surface area contributed by atoms with Crippen LogP contribution >= 0.6 is 0 Å². The predicted molar refractivity (Wildman–Crippen MR) is 105 cm³/mol. The molecule has 8 nitrogen and oxygen atoms in total. The Balaban J connectivity index is 1.57. The lowest BCUT2D eigenvalue weighted by Gasteiger charge is -2.32. The van der Waals surface area contributed by atoms with Crippen molar-refractivity contribution in [3.05, 3.63) is 48.7 Å². The van der Waals surface area contributed by atoms with E-state index in [2.05, 4.69) is 25.3 Å². The number of nitrogen functional groups attached to an aromatic ring is 1. The average molecular weight is 365 g/mol. The molecule has 0 amide bonds. The van der Waals surface area contributed by atoms with Crippen LogP contribution in [0.3, 0.4) is 0 Å². The topological polar surface area (TPSA) is 105 Å². The summed E-state index contributed by atoms with van der Waals surface area (Å²) in [5, 5.41) is 17.1. The molecule has 4 N–H and O–H groups in total. The average Bonchev–Trinajstić information content (AvgIpc) is 3.09. The van der Waals surface area contributed by atoms with Crippen LogP contribution in [0.2, 0.25) is 0 Å². The molecule has 3 aromatic rings. The van der Waals surface area contributed by atoms with Gasteiger partial charge in [-0.2, -0.15) is 9.67 Å². The maximum atomic E-state index is 9.46. The van der Waals surface area contributed by atoms with E-state index in [9.17, 15) is 5.11 Å². The molecule has 1 aliphatic heterocycles. The number of nitrogens with zero attached hydrogens (tertiary/aromatic N) is 5. The summed E-state index contributed by atoms with van der Waals surface area (Å²) in [5.74, 6) is 1.90. The van der Waals surface area contributed by atoms with Crippen molar-refractivity contribution in [1.29, 1.82) is 0 Å². The molecule has 0 radical (unpaired) electrons. The second kappa shape index (κ2) is 7.63. The Morgan fingerprint density at radius 3 is 2.89 bits per heavy atom. The van der Waals surface area contributed by atoms with Gasteiger partial charge < -0.3 is 21.1 Å². The third kappa shape index (κ3) is 3.85. The number of anilines is 4. The summed E-state index contributed by atoms with van der Waals surface area (Å²) in [6, 6.07) is 13.5. The van der Waals surface area contributed by atoms with Gasteiger partial charge in [-0.05, 0) is 37.0 Å². The molecule has 0 spiro atoms. The van der Waals surface area contributed by atoms with Crippen LogP contribution in [0.25, 0.3) is 5.69 Å². The number of hydrogen-bond donors (Lipinski definition) is 3. The maximum Gasteiger partial charge on any atom is 0.248 e. The van der Waals surface area contributed by atoms with Gasteiger partial charge >= 0.3 is 0 Å². The number of hydrogen-bond acceptors (Lipinski definition) is 7. The van der Waals surface area contributed by atoms with Crippen LogP contribution in [0.5, 0.6) is 0 Å². The van der Waals surface area contributed by atoms with Crippen molar-refractivity contribution in [2.45, 2.75) is 12.8 Å². The van der Waals surface area contributed by atoms with Gasteiger partial charge in [0.25, 0.3) is 0 Å². The van der Waals surface area contributed by atoms with E-state index in [1.54, 1.807) is 10.9 Å². The standard InChI is InChI=1S/C19H23N7O/c20-18-23-19(22-15-6-2-1-3-7-15)24-26(18)16-8-9-21-17(11-16)25-10-4-5-14(12-25)13-27/h1-3,6-9,11,14,27H,4-5,10,12-13H2,(H3,20,22,23,24)/t14-/m0/s1. The van der Waals surface area contributed by atoms with Crippen LogP contribution in [0.4, 0.5) is 23.4 Å². The highest BCUT2D eigenvalue weighted by Crippen LogP contribution is 2.24. The van der Waals surface area contributed by atoms with E-state index < -0.39 is 0 Å². The zero-order valence-corrected chi connectivity index (χ0v) is 15.0. The Morgan fingerprint density at radius 2 is 2.07 bits per heavy atom. The summed E-state index contributed by atoms with van der Waals surface area (Å²) in [6.07, 6.45) is 3.85. The highest BCUT2D eigenvalue weighted by atomic mass is 16.3. The molecular formula is C19H23N7O. The Bertz CT molecular complexity index is 896. The lowest BCUT2D eigenvalue weighted by Crippen LogP contribution is -2.37. The van der Waals surface area contributed by atoms with Gasteiger partial charge in [-0.25, -0.2) is 4.98 Å². The number of pyridine rings is 1. The van der Waals surface area contributed by atoms with Crippen molar-refractivity contribution in [1.82, 2.24) is 19.7 Å². The Labute approximate surface area is 157 Å². The minimum absolute atomic E-state index is 0.209. The van der Waals surface area contributed by atoms with Gasteiger partial charge in [-0.15, -0.1) is 5.10 Å². The van der Waals surface area contributed by atoms with Crippen LogP contribution in [0.15, 0.2) is 48.7 Å². The zero-order valence-electron chi connectivity index (χ0n) is 15.0. The smallest absolute Gasteiger partial charge is 0.248 e. The van der Waals surface area contributed by atoms with Crippen molar-refractivity contribution < 1.29 is 5.11 Å². The number of nitrogens with one attached hydrogen (secondary N) is 1. The molecule has 1 atom stereocenters. The maximum absolute atomic E-state index is 9.46. The second-order valence-electron chi connectivity index (χ2n) is 6.71. The SMILES string of the molecule is Nc1nc(Nc2ccccc2)nn1-c1ccnc(N2CCC[C@H](CO)C2)c1. The number of aliphatic hydroxyl groups is 1. The zero-order chi connectivity index (χ0) is 18.6. The molecule has 1 aliphatic rings. The Hall–Kier alpha value is -3.13. The first-order chi connectivity index (χ1) is 13.2. The van der Waals surface area contributed by atoms with Gasteiger partial charge in [0, 0.05) is 37.6 Å². The van der Waals surface area contributed by atoms with E-state index in [-0.39, 0.29) is 6.61 Å². The molecule has 140 valence electrons. The molecule has 8 heteroatoms. The second-order valence-corrected chi connectivity index (χ2v) is 6.71. The Morgan fingerprint density at radius 1 is 1.22 bits per heavy atom. The van der Waals surface area contributed by atoms with E-state index in [0.29, 0.717) is 17.8 Å². The molecule has 4 rings (SSSR count). The van der Waals surface area contributed by atoms with E-state index in [1.807, 2.05) is 42.5 Å². The molecule has 1 fully saturated rings. The number of nitrogens with two attached hydrogens (primary N) is 1. The number of benzene rings is 1. The number of aliphatic hydroxyl groups excluding tert-OH is 1. The van der Waals surface area contributed by atoms with E-state index in [4.69, 9.17) is 5.73 Å². The van der Waals surface area contributed by atoms with Crippen LogP contribution in [-0.4, -0.2) is 44.6 Å². The van der Waals surface area contributed by atoms with Crippen molar-refractivity contribution in [3.8, 4) is 5.69 Å². The van der Waals surface area contributed by atoms with Gasteiger partial charge in [0.05, 0.1) is 5.69 Å². The predicted octanol–water partition coefficient (Wildman–Crippen LogP) is 2.20. The monoisotopic (exact) mass is 365 g/mol. The fourth-order valence-electron chi connectivity index (χ4n) is 3.35. The molecule has 0 unspecified atom stereocenters. The first kappa shape index (κ1) is 17.3. The molecule has 3 heterocycles. The molecule has 0 saturated carbocycles. The summed E-state index contributed by atoms with van der Waals surface area (Å²) in [6.45, 7) is 1.95. The highest BCUT2D eigenvalue weighted by molar-refractivity contribution is 5.55. The summed E-state index contributed by atoms with van der Waals surface area (Å²) < 4.78 is 1.60. The Kier molecular flexibility index (Phi) is 4.88. The van der Waals surface area contributed by atoms with Gasteiger partial charge in [0.1, 0.15) is 5.82 Å². The van der Waals surface area contributed by atoms with E-state index >= 15 is 0 Å². The van der Waals surface area contributed by atoms with Crippen molar-refractivity contribution >= 4 is 23.4 Å². The van der Waals surface area contributed by atoms with Crippen LogP contribution < -0.4 is 16.0 Å². The van der Waals surface area contributed by atoms with Gasteiger partial charge in [-0.1, -0.05) is 18.2 Å². The number of aromatic nitrogens is 4. The first-order valence-electron chi connectivity index (χ1n) is 9.10. The summed E-state index contributed by atoms with van der Waals surface area (Å²) in [4.78, 5) is 11.0. The number of piperidine rings is 1. The first-order valence-corrected chi connectivity index (χ1v) is 9.10. The van der Waals surface area contributed by atoms with E-state index in [1.165, 1.54) is 0 Å². The van der Waals surface area contributed by atoms with Crippen molar-refractivity contribution in [3.63, 3.8) is 0 Å². The van der Waals surface area contributed by atoms with Crippen molar-refractivity contribution in [2.24, 2.45) is 5.92 Å². The fourth-order valence-corrected chi connectivity index (χ4v) is 3.35. The molecule has 1 aromatic carbocycles. The molecule has 27 heavy (non-hydrogen) atoms. The third-order valence-corrected chi connectivity index (χ3v) is 4.74. The van der Waals surface area contributed by atoms with Crippen LogP contribution in [-0.2, 0) is 0 Å². The molecular weight excluding hydrogens is 342 g/mol. The van der Waals surface area contributed by atoms with E-state index in [0.717, 1.165) is 43.1 Å². The molecule has 2 aromatic heterocycles. The lowest BCUT2D eigenvalue weighted by molar-refractivity contribution is 0.208. The van der Waals surface area contributed by atoms with Gasteiger partial charge in [0.2, 0.25) is 11.9 Å². The summed E-state index contributed by atoms with van der Waals surface area (Å²) in [5.41, 5.74) is 7.78. The number of para-hydroxylation sites is 1. The highest BCUT2D eigenvalue weighted by Gasteiger charge is 2.21. The summed E-state index contributed by atoms with van der Waals surface area (Å²) in [7, 11) is 0. The quantitative estimate of drug-likeness (QED) is 0.636. The molecule has 0 bridgehead atoms.